The molecule has 0 aliphatic heterocycles. The van der Waals surface area contributed by atoms with Gasteiger partial charge in [-0.05, 0) is 16.7 Å². The fourth-order valence-corrected chi connectivity index (χ4v) is 4.20. The third-order valence-electron chi connectivity index (χ3n) is 5.93. The summed E-state index contributed by atoms with van der Waals surface area (Å²) >= 11 is 0. The summed E-state index contributed by atoms with van der Waals surface area (Å²) in [5, 5.41) is 9.22. The van der Waals surface area contributed by atoms with Crippen molar-refractivity contribution in [2.45, 2.75) is 19.0 Å². The van der Waals surface area contributed by atoms with Crippen LogP contribution in [0.3, 0.4) is 0 Å². The Hall–Kier alpha value is -4.32. The maximum atomic E-state index is 6.64. The molecule has 0 aliphatic rings. The lowest BCUT2D eigenvalue weighted by Crippen LogP contribution is -2.12. The Kier molecular flexibility index (Phi) is 5.64. The van der Waals surface area contributed by atoms with E-state index in [1.165, 1.54) is 0 Å². The van der Waals surface area contributed by atoms with E-state index in [1.54, 1.807) is 0 Å². The van der Waals surface area contributed by atoms with Crippen LogP contribution in [0.2, 0.25) is 0 Å². The normalized spacial score (nSPS) is 11.2. The average Bonchev–Trinajstić information content (AvgIpc) is 3.39. The number of aromatic nitrogens is 4. The van der Waals surface area contributed by atoms with E-state index in [0.29, 0.717) is 24.7 Å². The van der Waals surface area contributed by atoms with Crippen LogP contribution in [0.25, 0.3) is 0 Å². The Morgan fingerprint density at radius 1 is 0.576 bits per heavy atom. The SMILES string of the molecule is Nc1c(C(c2ccccc2)c2cnn(Cc3ccccc3)c2N)cnn1Cc1ccccc1. The van der Waals surface area contributed by atoms with E-state index >= 15 is 0 Å². The van der Waals surface area contributed by atoms with Crippen molar-refractivity contribution >= 4 is 11.6 Å². The van der Waals surface area contributed by atoms with Gasteiger partial charge in [0.1, 0.15) is 11.6 Å². The van der Waals surface area contributed by atoms with Gasteiger partial charge in [-0.3, -0.25) is 0 Å². The summed E-state index contributed by atoms with van der Waals surface area (Å²) in [6.45, 7) is 1.22. The van der Waals surface area contributed by atoms with Crippen molar-refractivity contribution in [3.05, 3.63) is 131 Å². The maximum absolute atomic E-state index is 6.64. The minimum absolute atomic E-state index is 0.166. The molecule has 0 unspecified atom stereocenters. The first-order valence-corrected chi connectivity index (χ1v) is 11.0. The highest BCUT2D eigenvalue weighted by Gasteiger charge is 2.26. The molecule has 0 amide bonds. The van der Waals surface area contributed by atoms with Gasteiger partial charge in [-0.1, -0.05) is 91.0 Å². The molecule has 0 saturated carbocycles. The van der Waals surface area contributed by atoms with Gasteiger partial charge < -0.3 is 11.5 Å². The van der Waals surface area contributed by atoms with Crippen molar-refractivity contribution in [2.24, 2.45) is 0 Å². The molecule has 6 nitrogen and oxygen atoms in total. The third kappa shape index (κ3) is 4.23. The molecule has 164 valence electrons. The lowest BCUT2D eigenvalue weighted by molar-refractivity contribution is 0.696. The zero-order chi connectivity index (χ0) is 22.6. The van der Waals surface area contributed by atoms with Crippen molar-refractivity contribution < 1.29 is 0 Å². The summed E-state index contributed by atoms with van der Waals surface area (Å²) in [7, 11) is 0. The fourth-order valence-electron chi connectivity index (χ4n) is 4.20. The molecule has 3 aromatic carbocycles. The molecule has 6 heteroatoms. The second kappa shape index (κ2) is 9.04. The Labute approximate surface area is 193 Å². The second-order valence-corrected chi connectivity index (χ2v) is 8.10. The van der Waals surface area contributed by atoms with Crippen LogP contribution in [-0.4, -0.2) is 19.6 Å². The van der Waals surface area contributed by atoms with Crippen molar-refractivity contribution in [3.63, 3.8) is 0 Å². The standard InChI is InChI=1S/C27H26N6/c28-26-23(16-30-32(26)18-20-10-4-1-5-11-20)25(22-14-8-3-9-15-22)24-17-31-33(27(24)29)19-21-12-6-2-7-13-21/h1-17,25H,18-19,28-29H2. The third-order valence-corrected chi connectivity index (χ3v) is 5.93. The number of nitrogens with zero attached hydrogens (tertiary/aromatic N) is 4. The predicted molar refractivity (Wildman–Crippen MR) is 132 cm³/mol. The molecule has 0 spiro atoms. The Morgan fingerprint density at radius 3 is 1.39 bits per heavy atom. The summed E-state index contributed by atoms with van der Waals surface area (Å²) in [5.74, 6) is 1.09. The number of hydrogen-bond acceptors (Lipinski definition) is 4. The number of benzene rings is 3. The van der Waals surface area contributed by atoms with Gasteiger partial charge in [0.25, 0.3) is 0 Å². The molecule has 0 saturated heterocycles. The first kappa shape index (κ1) is 20.6. The maximum Gasteiger partial charge on any atom is 0.126 e. The summed E-state index contributed by atoms with van der Waals surface area (Å²) in [6.07, 6.45) is 3.70. The number of nitrogen functional groups attached to an aromatic ring is 2. The van der Waals surface area contributed by atoms with E-state index < -0.39 is 0 Å². The second-order valence-electron chi connectivity index (χ2n) is 8.10. The van der Waals surface area contributed by atoms with Crippen LogP contribution in [0.1, 0.15) is 33.7 Å². The number of hydrogen-bond donors (Lipinski definition) is 2. The summed E-state index contributed by atoms with van der Waals surface area (Å²) in [6, 6.07) is 30.6. The van der Waals surface area contributed by atoms with E-state index in [0.717, 1.165) is 27.8 Å². The van der Waals surface area contributed by atoms with E-state index in [1.807, 2.05) is 76.4 Å². The smallest absolute Gasteiger partial charge is 0.126 e. The minimum atomic E-state index is -0.166. The number of anilines is 2. The van der Waals surface area contributed by atoms with E-state index in [2.05, 4.69) is 46.6 Å². The Bertz CT molecular complexity index is 1240. The van der Waals surface area contributed by atoms with Gasteiger partial charge in [0, 0.05) is 17.0 Å². The van der Waals surface area contributed by atoms with E-state index in [-0.39, 0.29) is 5.92 Å². The summed E-state index contributed by atoms with van der Waals surface area (Å²) in [5.41, 5.74) is 18.5. The zero-order valence-corrected chi connectivity index (χ0v) is 18.3. The summed E-state index contributed by atoms with van der Waals surface area (Å²) in [4.78, 5) is 0. The molecule has 2 heterocycles. The Morgan fingerprint density at radius 2 is 0.970 bits per heavy atom. The van der Waals surface area contributed by atoms with Crippen LogP contribution in [0, 0.1) is 0 Å². The molecule has 0 fully saturated rings. The van der Waals surface area contributed by atoms with Gasteiger partial charge in [-0.15, -0.1) is 0 Å². The van der Waals surface area contributed by atoms with E-state index in [9.17, 15) is 0 Å². The molecule has 5 rings (SSSR count). The predicted octanol–water partition coefficient (Wildman–Crippen LogP) is 4.52. The van der Waals surface area contributed by atoms with Crippen LogP contribution < -0.4 is 11.5 Å². The zero-order valence-electron chi connectivity index (χ0n) is 18.3. The van der Waals surface area contributed by atoms with Gasteiger partial charge in [-0.25, -0.2) is 9.36 Å². The largest absolute Gasteiger partial charge is 0.384 e. The first-order valence-electron chi connectivity index (χ1n) is 11.0. The number of rotatable bonds is 7. The van der Waals surface area contributed by atoms with Crippen molar-refractivity contribution in [2.75, 3.05) is 11.5 Å². The molecular weight excluding hydrogens is 408 g/mol. The monoisotopic (exact) mass is 434 g/mol. The lowest BCUT2D eigenvalue weighted by Gasteiger charge is -2.18. The molecule has 4 N–H and O–H groups in total. The lowest BCUT2D eigenvalue weighted by atomic mass is 9.87. The van der Waals surface area contributed by atoms with Crippen molar-refractivity contribution in [3.8, 4) is 0 Å². The highest BCUT2D eigenvalue weighted by Crippen LogP contribution is 2.37. The quantitative estimate of drug-likeness (QED) is 0.394. The van der Waals surface area contributed by atoms with Crippen LogP contribution in [0.15, 0.2) is 103 Å². The topological polar surface area (TPSA) is 87.7 Å². The van der Waals surface area contributed by atoms with Crippen LogP contribution in [0.4, 0.5) is 11.6 Å². The molecule has 0 aliphatic carbocycles. The van der Waals surface area contributed by atoms with Gasteiger partial charge in [0.05, 0.1) is 25.5 Å². The molecule has 5 aromatic rings. The number of nitrogens with two attached hydrogens (primary N) is 2. The highest BCUT2D eigenvalue weighted by molar-refractivity contribution is 5.57. The van der Waals surface area contributed by atoms with Crippen LogP contribution in [0.5, 0.6) is 0 Å². The highest BCUT2D eigenvalue weighted by atomic mass is 15.3. The molecule has 0 radical (unpaired) electrons. The average molecular weight is 435 g/mol. The van der Waals surface area contributed by atoms with Gasteiger partial charge in [0.15, 0.2) is 0 Å². The van der Waals surface area contributed by atoms with Crippen LogP contribution in [-0.2, 0) is 13.1 Å². The van der Waals surface area contributed by atoms with E-state index in [4.69, 9.17) is 11.5 Å². The van der Waals surface area contributed by atoms with Gasteiger partial charge >= 0.3 is 0 Å². The molecule has 33 heavy (non-hydrogen) atoms. The molecule has 0 bridgehead atoms. The van der Waals surface area contributed by atoms with Crippen molar-refractivity contribution in [1.29, 1.82) is 0 Å². The summed E-state index contributed by atoms with van der Waals surface area (Å²) < 4.78 is 3.68. The molecular formula is C27H26N6. The van der Waals surface area contributed by atoms with Crippen LogP contribution >= 0.6 is 0 Å². The van der Waals surface area contributed by atoms with Crippen molar-refractivity contribution in [1.82, 2.24) is 19.6 Å². The first-order chi connectivity index (χ1) is 16.2. The molecule has 2 aromatic heterocycles. The Balaban J connectivity index is 1.54. The minimum Gasteiger partial charge on any atom is -0.384 e. The fraction of sp³-hybridized carbons (Fsp3) is 0.111. The molecule has 0 atom stereocenters. The van der Waals surface area contributed by atoms with Gasteiger partial charge in [0.2, 0.25) is 0 Å². The van der Waals surface area contributed by atoms with Gasteiger partial charge in [-0.2, -0.15) is 10.2 Å².